The van der Waals surface area contributed by atoms with Crippen molar-refractivity contribution in [3.63, 3.8) is 0 Å². The third kappa shape index (κ3) is 4.18. The van der Waals surface area contributed by atoms with Gasteiger partial charge in [-0.15, -0.1) is 21.5 Å². The number of aromatic nitrogens is 4. The van der Waals surface area contributed by atoms with Crippen LogP contribution < -0.4 is 15.6 Å². The molecule has 0 unspecified atom stereocenters. The molecular formula is C22H25N5O3S. The lowest BCUT2D eigenvalue weighted by Crippen LogP contribution is -2.23. The number of rotatable bonds is 9. The fourth-order valence-electron chi connectivity index (χ4n) is 3.71. The number of thiophene rings is 1. The lowest BCUT2D eigenvalue weighted by Gasteiger charge is -2.10. The first kappa shape index (κ1) is 21.0. The van der Waals surface area contributed by atoms with Crippen LogP contribution in [0.15, 0.2) is 40.5 Å². The number of hydrogen-bond acceptors (Lipinski definition) is 6. The number of nitrogens with one attached hydrogen (secondary N) is 1. The van der Waals surface area contributed by atoms with Gasteiger partial charge in [-0.1, -0.05) is 25.1 Å². The minimum Gasteiger partial charge on any atom is -0.496 e. The number of carbonyl (C=O) groups is 1. The van der Waals surface area contributed by atoms with Gasteiger partial charge in [-0.2, -0.15) is 0 Å². The van der Waals surface area contributed by atoms with Crippen molar-refractivity contribution in [2.45, 2.75) is 45.7 Å². The average molecular weight is 440 g/mol. The second-order valence-electron chi connectivity index (χ2n) is 7.29. The summed E-state index contributed by atoms with van der Waals surface area (Å²) < 4.78 is 9.67. The fourth-order valence-corrected chi connectivity index (χ4v) is 4.53. The van der Waals surface area contributed by atoms with E-state index in [2.05, 4.69) is 15.5 Å². The fraction of sp³-hybridized carbons (Fsp3) is 0.364. The molecular weight excluding hydrogens is 414 g/mol. The maximum atomic E-state index is 12.8. The summed E-state index contributed by atoms with van der Waals surface area (Å²) in [7, 11) is 1.62. The molecule has 8 nitrogen and oxygen atoms in total. The highest BCUT2D eigenvalue weighted by atomic mass is 32.1. The third-order valence-electron chi connectivity index (χ3n) is 5.20. The number of aryl methyl sites for hydroxylation is 2. The van der Waals surface area contributed by atoms with Crippen molar-refractivity contribution >= 4 is 33.2 Å². The quantitative estimate of drug-likeness (QED) is 0.433. The van der Waals surface area contributed by atoms with Crippen LogP contribution in [0.1, 0.15) is 37.6 Å². The second kappa shape index (κ2) is 9.30. The zero-order valence-electron chi connectivity index (χ0n) is 17.6. The SMILES string of the molecule is CCCn1c(=O)c2sccc2n2c(CCCC(=O)NCc3ccccc3OC)nnc12. The maximum Gasteiger partial charge on any atom is 0.272 e. The second-order valence-corrected chi connectivity index (χ2v) is 8.20. The van der Waals surface area contributed by atoms with Crippen molar-refractivity contribution in [1.82, 2.24) is 24.5 Å². The Morgan fingerprint density at radius 1 is 1.23 bits per heavy atom. The van der Waals surface area contributed by atoms with Gasteiger partial charge in [-0.25, -0.2) is 0 Å². The number of nitrogens with zero attached hydrogens (tertiary/aromatic N) is 4. The van der Waals surface area contributed by atoms with Gasteiger partial charge in [0.2, 0.25) is 11.7 Å². The summed E-state index contributed by atoms with van der Waals surface area (Å²) in [4.78, 5) is 25.1. The van der Waals surface area contributed by atoms with E-state index >= 15 is 0 Å². The van der Waals surface area contributed by atoms with E-state index < -0.39 is 0 Å². The Morgan fingerprint density at radius 3 is 2.87 bits per heavy atom. The number of fused-ring (bicyclic) bond motifs is 3. The Morgan fingerprint density at radius 2 is 2.06 bits per heavy atom. The van der Waals surface area contributed by atoms with E-state index in [9.17, 15) is 9.59 Å². The van der Waals surface area contributed by atoms with Crippen LogP contribution in [0.25, 0.3) is 16.0 Å². The highest BCUT2D eigenvalue weighted by Gasteiger charge is 2.17. The minimum atomic E-state index is -0.0247. The molecule has 0 aliphatic heterocycles. The van der Waals surface area contributed by atoms with Gasteiger partial charge in [0.15, 0.2) is 0 Å². The first-order valence-corrected chi connectivity index (χ1v) is 11.2. The van der Waals surface area contributed by atoms with Crippen LogP contribution in [0.2, 0.25) is 0 Å². The third-order valence-corrected chi connectivity index (χ3v) is 6.09. The number of hydrogen-bond donors (Lipinski definition) is 1. The summed E-state index contributed by atoms with van der Waals surface area (Å²) in [6.07, 6.45) is 2.45. The molecule has 0 saturated carbocycles. The molecule has 0 bridgehead atoms. The van der Waals surface area contributed by atoms with Crippen LogP contribution in [0.3, 0.4) is 0 Å². The van der Waals surface area contributed by atoms with Crippen LogP contribution in [-0.4, -0.2) is 32.2 Å². The van der Waals surface area contributed by atoms with E-state index in [1.54, 1.807) is 11.7 Å². The summed E-state index contributed by atoms with van der Waals surface area (Å²) in [6, 6.07) is 9.56. The van der Waals surface area contributed by atoms with Crippen molar-refractivity contribution < 1.29 is 9.53 Å². The van der Waals surface area contributed by atoms with Crippen LogP contribution in [0.4, 0.5) is 0 Å². The van der Waals surface area contributed by atoms with E-state index in [4.69, 9.17) is 4.74 Å². The predicted molar refractivity (Wildman–Crippen MR) is 121 cm³/mol. The Kier molecular flexibility index (Phi) is 6.31. The lowest BCUT2D eigenvalue weighted by atomic mass is 10.2. The van der Waals surface area contributed by atoms with Crippen molar-refractivity contribution in [2.24, 2.45) is 0 Å². The summed E-state index contributed by atoms with van der Waals surface area (Å²) >= 11 is 1.43. The van der Waals surface area contributed by atoms with E-state index in [0.29, 0.717) is 42.8 Å². The topological polar surface area (TPSA) is 90.5 Å². The van der Waals surface area contributed by atoms with Crippen molar-refractivity contribution in [2.75, 3.05) is 7.11 Å². The van der Waals surface area contributed by atoms with Gasteiger partial charge >= 0.3 is 0 Å². The van der Waals surface area contributed by atoms with Crippen LogP contribution in [-0.2, 0) is 24.3 Å². The highest BCUT2D eigenvalue weighted by molar-refractivity contribution is 7.17. The Bertz CT molecular complexity index is 1270. The number of methoxy groups -OCH3 is 1. The number of ether oxygens (including phenoxy) is 1. The average Bonchev–Trinajstić information content (AvgIpc) is 3.42. The first-order valence-electron chi connectivity index (χ1n) is 10.4. The molecule has 0 saturated heterocycles. The Balaban J connectivity index is 1.45. The molecule has 1 N–H and O–H groups in total. The number of benzene rings is 1. The molecule has 3 heterocycles. The normalized spacial score (nSPS) is 11.3. The van der Waals surface area contributed by atoms with Gasteiger partial charge in [0.25, 0.3) is 5.56 Å². The molecule has 31 heavy (non-hydrogen) atoms. The van der Waals surface area contributed by atoms with E-state index in [0.717, 1.165) is 29.1 Å². The zero-order chi connectivity index (χ0) is 21.8. The summed E-state index contributed by atoms with van der Waals surface area (Å²) in [5.41, 5.74) is 1.75. The van der Waals surface area contributed by atoms with Gasteiger partial charge in [-0.05, 0) is 30.4 Å². The Hall–Kier alpha value is -3.20. The van der Waals surface area contributed by atoms with Gasteiger partial charge in [-0.3, -0.25) is 18.6 Å². The molecule has 0 aliphatic rings. The lowest BCUT2D eigenvalue weighted by molar-refractivity contribution is -0.121. The van der Waals surface area contributed by atoms with Gasteiger partial charge < -0.3 is 10.1 Å². The van der Waals surface area contributed by atoms with E-state index in [1.165, 1.54) is 11.3 Å². The first-order chi connectivity index (χ1) is 15.1. The summed E-state index contributed by atoms with van der Waals surface area (Å²) in [5.74, 6) is 2.06. The van der Waals surface area contributed by atoms with Crippen LogP contribution in [0, 0.1) is 0 Å². The van der Waals surface area contributed by atoms with E-state index in [1.807, 2.05) is 47.0 Å². The van der Waals surface area contributed by atoms with Crippen molar-refractivity contribution in [3.8, 4) is 5.75 Å². The molecule has 4 rings (SSSR count). The van der Waals surface area contributed by atoms with Crippen LogP contribution >= 0.6 is 11.3 Å². The monoisotopic (exact) mass is 439 g/mol. The van der Waals surface area contributed by atoms with Gasteiger partial charge in [0.1, 0.15) is 16.3 Å². The van der Waals surface area contributed by atoms with Crippen LogP contribution in [0.5, 0.6) is 5.75 Å². The number of carbonyl (C=O) groups excluding carboxylic acids is 1. The molecule has 0 atom stereocenters. The standard InChI is InChI=1S/C22H25N5O3S/c1-3-12-26-21(29)20-16(11-13-31-20)27-18(24-25-22(26)27)9-6-10-19(28)23-14-15-7-4-5-8-17(15)30-2/h4-5,7-8,11,13H,3,6,9-10,12,14H2,1-2H3,(H,23,28). The number of para-hydroxylation sites is 1. The number of amides is 1. The Labute approximate surface area is 183 Å². The highest BCUT2D eigenvalue weighted by Crippen LogP contribution is 2.21. The molecule has 9 heteroatoms. The van der Waals surface area contributed by atoms with E-state index in [-0.39, 0.29) is 11.5 Å². The molecule has 0 spiro atoms. The maximum absolute atomic E-state index is 12.8. The van der Waals surface area contributed by atoms with Gasteiger partial charge in [0.05, 0.1) is 12.6 Å². The molecule has 0 fully saturated rings. The molecule has 3 aromatic heterocycles. The molecule has 1 amide bonds. The summed E-state index contributed by atoms with van der Waals surface area (Å²) in [6.45, 7) is 3.05. The molecule has 1 aromatic carbocycles. The molecule has 0 aliphatic carbocycles. The summed E-state index contributed by atoms with van der Waals surface area (Å²) in [5, 5.41) is 13.5. The molecule has 4 aromatic rings. The predicted octanol–water partition coefficient (Wildman–Crippen LogP) is 3.16. The molecule has 162 valence electrons. The van der Waals surface area contributed by atoms with Crippen molar-refractivity contribution in [3.05, 3.63) is 57.5 Å². The minimum absolute atomic E-state index is 0.0194. The van der Waals surface area contributed by atoms with Crippen molar-refractivity contribution in [1.29, 1.82) is 0 Å². The smallest absolute Gasteiger partial charge is 0.272 e. The van der Waals surface area contributed by atoms with Gasteiger partial charge in [0, 0.05) is 31.5 Å². The largest absolute Gasteiger partial charge is 0.496 e. The zero-order valence-corrected chi connectivity index (χ0v) is 18.4. The molecule has 0 radical (unpaired) electrons.